The Labute approximate surface area is 110 Å². The number of hydrogen-bond acceptors (Lipinski definition) is 5. The maximum Gasteiger partial charge on any atom is 0.168 e. The lowest BCUT2D eigenvalue weighted by atomic mass is 10.2. The molecule has 3 rings (SSSR count). The Bertz CT molecular complexity index is 560. The molecule has 1 aliphatic rings. The van der Waals surface area contributed by atoms with Crippen LogP contribution in [0.4, 0.5) is 5.82 Å². The molecule has 1 aromatic heterocycles. The molecule has 5 heteroatoms. The first-order chi connectivity index (χ1) is 8.83. The molecule has 0 saturated carbocycles. The van der Waals surface area contributed by atoms with Crippen molar-refractivity contribution in [2.45, 2.75) is 18.1 Å². The van der Waals surface area contributed by atoms with Crippen LogP contribution in [0.25, 0.3) is 0 Å². The molecule has 18 heavy (non-hydrogen) atoms. The third-order valence-electron chi connectivity index (χ3n) is 2.77. The smallest absolute Gasteiger partial charge is 0.168 e. The van der Waals surface area contributed by atoms with Gasteiger partial charge in [0.25, 0.3) is 0 Å². The molecule has 0 radical (unpaired) electrons. The number of hydrogen-bond donors (Lipinski definition) is 1. The standard InChI is InChI=1S/C13H13N3OS/c14-13-10-7-18-8-11(10)15-12(16-13)6-17-9-4-2-1-3-5-9/h1-5H,6-8H2,(H2,14,15,16). The van der Waals surface area contributed by atoms with E-state index in [4.69, 9.17) is 10.5 Å². The summed E-state index contributed by atoms with van der Waals surface area (Å²) >= 11 is 1.82. The highest BCUT2D eigenvalue weighted by Gasteiger charge is 2.18. The Kier molecular flexibility index (Phi) is 3.06. The lowest BCUT2D eigenvalue weighted by Gasteiger charge is -2.07. The fraction of sp³-hybridized carbons (Fsp3) is 0.231. The fourth-order valence-corrected chi connectivity index (χ4v) is 2.91. The molecule has 2 heterocycles. The van der Waals surface area contributed by atoms with Crippen LogP contribution in [-0.2, 0) is 18.1 Å². The number of nitrogen functional groups attached to an aromatic ring is 1. The highest BCUT2D eigenvalue weighted by Crippen LogP contribution is 2.31. The van der Waals surface area contributed by atoms with E-state index in [1.807, 2.05) is 42.1 Å². The summed E-state index contributed by atoms with van der Waals surface area (Å²) in [6.07, 6.45) is 0. The molecule has 0 saturated heterocycles. The highest BCUT2D eigenvalue weighted by atomic mass is 32.2. The van der Waals surface area contributed by atoms with Crippen LogP contribution in [0.5, 0.6) is 5.75 Å². The van der Waals surface area contributed by atoms with E-state index >= 15 is 0 Å². The second-order valence-corrected chi connectivity index (χ2v) is 5.03. The number of nitrogens with zero attached hydrogens (tertiary/aromatic N) is 2. The number of thioether (sulfide) groups is 1. The minimum atomic E-state index is 0.353. The summed E-state index contributed by atoms with van der Waals surface area (Å²) in [4.78, 5) is 8.78. The van der Waals surface area contributed by atoms with Gasteiger partial charge < -0.3 is 10.5 Å². The van der Waals surface area contributed by atoms with Gasteiger partial charge in [-0.3, -0.25) is 0 Å². The van der Waals surface area contributed by atoms with Crippen LogP contribution in [-0.4, -0.2) is 9.97 Å². The Morgan fingerprint density at radius 2 is 2.00 bits per heavy atom. The SMILES string of the molecule is Nc1nc(COc2ccccc2)nc2c1CSC2. The van der Waals surface area contributed by atoms with E-state index in [0.29, 0.717) is 18.2 Å². The van der Waals surface area contributed by atoms with Crippen molar-refractivity contribution >= 4 is 17.6 Å². The predicted molar refractivity (Wildman–Crippen MR) is 72.2 cm³/mol. The summed E-state index contributed by atoms with van der Waals surface area (Å²) in [5.74, 6) is 3.89. The van der Waals surface area contributed by atoms with Gasteiger partial charge in [0, 0.05) is 17.1 Å². The van der Waals surface area contributed by atoms with Gasteiger partial charge in [-0.05, 0) is 12.1 Å². The number of rotatable bonds is 3. The summed E-state index contributed by atoms with van der Waals surface area (Å²) in [5, 5.41) is 0. The molecule has 0 bridgehead atoms. The van der Waals surface area contributed by atoms with E-state index in [0.717, 1.165) is 28.5 Å². The van der Waals surface area contributed by atoms with Crippen LogP contribution in [0.1, 0.15) is 17.1 Å². The van der Waals surface area contributed by atoms with Crippen LogP contribution in [0.2, 0.25) is 0 Å². The number of fused-ring (bicyclic) bond motifs is 1. The minimum Gasteiger partial charge on any atom is -0.486 e. The van der Waals surface area contributed by atoms with E-state index < -0.39 is 0 Å². The zero-order valence-corrected chi connectivity index (χ0v) is 10.6. The van der Waals surface area contributed by atoms with Crippen molar-refractivity contribution < 1.29 is 4.74 Å². The van der Waals surface area contributed by atoms with Gasteiger partial charge in [0.15, 0.2) is 5.82 Å². The molecule has 0 unspecified atom stereocenters. The summed E-state index contributed by atoms with van der Waals surface area (Å²) in [5.41, 5.74) is 8.06. The molecule has 2 N–H and O–H groups in total. The average molecular weight is 259 g/mol. The van der Waals surface area contributed by atoms with Crippen molar-refractivity contribution in [1.82, 2.24) is 9.97 Å². The molecule has 2 aromatic rings. The molecular formula is C13H13N3OS. The summed E-state index contributed by atoms with van der Waals surface area (Å²) < 4.78 is 5.62. The van der Waals surface area contributed by atoms with E-state index in [-0.39, 0.29) is 0 Å². The number of anilines is 1. The van der Waals surface area contributed by atoms with E-state index in [1.54, 1.807) is 0 Å². The fourth-order valence-electron chi connectivity index (χ4n) is 1.86. The van der Waals surface area contributed by atoms with Crippen molar-refractivity contribution in [1.29, 1.82) is 0 Å². The molecule has 0 spiro atoms. The zero-order chi connectivity index (χ0) is 12.4. The van der Waals surface area contributed by atoms with Crippen LogP contribution in [0.3, 0.4) is 0 Å². The number of ether oxygens (including phenoxy) is 1. The third kappa shape index (κ3) is 2.26. The molecule has 1 aliphatic heterocycles. The van der Waals surface area contributed by atoms with Crippen LogP contribution < -0.4 is 10.5 Å². The van der Waals surface area contributed by atoms with Crippen molar-refractivity contribution in [2.24, 2.45) is 0 Å². The highest BCUT2D eigenvalue weighted by molar-refractivity contribution is 7.98. The molecule has 92 valence electrons. The zero-order valence-electron chi connectivity index (χ0n) is 9.80. The van der Waals surface area contributed by atoms with Crippen LogP contribution in [0, 0.1) is 0 Å². The Hall–Kier alpha value is -1.75. The average Bonchev–Trinajstić information content (AvgIpc) is 2.86. The van der Waals surface area contributed by atoms with Crippen molar-refractivity contribution in [3.63, 3.8) is 0 Å². The first-order valence-corrected chi connectivity index (χ1v) is 6.88. The summed E-state index contributed by atoms with van der Waals surface area (Å²) in [6.45, 7) is 0.353. The lowest BCUT2D eigenvalue weighted by molar-refractivity contribution is 0.295. The van der Waals surface area contributed by atoms with Crippen molar-refractivity contribution in [3.05, 3.63) is 47.4 Å². The molecule has 4 nitrogen and oxygen atoms in total. The molecule has 0 fully saturated rings. The van der Waals surface area contributed by atoms with Gasteiger partial charge in [-0.25, -0.2) is 9.97 Å². The van der Waals surface area contributed by atoms with Gasteiger partial charge in [-0.1, -0.05) is 18.2 Å². The van der Waals surface area contributed by atoms with Gasteiger partial charge >= 0.3 is 0 Å². The maximum atomic E-state index is 5.92. The second-order valence-electron chi connectivity index (χ2n) is 4.04. The second kappa shape index (κ2) is 4.86. The lowest BCUT2D eigenvalue weighted by Crippen LogP contribution is -2.08. The van der Waals surface area contributed by atoms with Gasteiger partial charge in [0.1, 0.15) is 18.2 Å². The van der Waals surface area contributed by atoms with E-state index in [1.165, 1.54) is 0 Å². The number of para-hydroxylation sites is 1. The largest absolute Gasteiger partial charge is 0.486 e. The minimum absolute atomic E-state index is 0.353. The molecule has 0 aliphatic carbocycles. The third-order valence-corrected chi connectivity index (χ3v) is 3.74. The van der Waals surface area contributed by atoms with Gasteiger partial charge in [-0.2, -0.15) is 11.8 Å². The van der Waals surface area contributed by atoms with Crippen LogP contribution in [0.15, 0.2) is 30.3 Å². The van der Waals surface area contributed by atoms with Gasteiger partial charge in [-0.15, -0.1) is 0 Å². The normalized spacial score (nSPS) is 13.3. The van der Waals surface area contributed by atoms with Crippen molar-refractivity contribution in [2.75, 3.05) is 5.73 Å². The number of benzene rings is 1. The summed E-state index contributed by atoms with van der Waals surface area (Å²) in [7, 11) is 0. The van der Waals surface area contributed by atoms with Crippen molar-refractivity contribution in [3.8, 4) is 5.75 Å². The Balaban J connectivity index is 1.76. The molecule has 1 aromatic carbocycles. The van der Waals surface area contributed by atoms with Crippen LogP contribution >= 0.6 is 11.8 Å². The maximum absolute atomic E-state index is 5.92. The number of aromatic nitrogens is 2. The topological polar surface area (TPSA) is 61.0 Å². The predicted octanol–water partition coefficient (Wildman–Crippen LogP) is 2.38. The molecular weight excluding hydrogens is 246 g/mol. The molecule has 0 amide bonds. The first-order valence-electron chi connectivity index (χ1n) is 5.72. The van der Waals surface area contributed by atoms with Gasteiger partial charge in [0.05, 0.1) is 5.69 Å². The van der Waals surface area contributed by atoms with E-state index in [2.05, 4.69) is 9.97 Å². The number of nitrogens with two attached hydrogens (primary N) is 1. The molecule has 0 atom stereocenters. The summed E-state index contributed by atoms with van der Waals surface area (Å²) in [6, 6.07) is 9.64. The Morgan fingerprint density at radius 3 is 2.83 bits per heavy atom. The Morgan fingerprint density at radius 1 is 1.17 bits per heavy atom. The monoisotopic (exact) mass is 259 g/mol. The first kappa shape index (κ1) is 11.3. The van der Waals surface area contributed by atoms with E-state index in [9.17, 15) is 0 Å². The van der Waals surface area contributed by atoms with Gasteiger partial charge in [0.2, 0.25) is 0 Å². The quantitative estimate of drug-likeness (QED) is 0.917.